The molecule has 1 heteroatoms. The second-order valence-corrected chi connectivity index (χ2v) is 1.89. The van der Waals surface area contributed by atoms with Gasteiger partial charge in [-0.3, -0.25) is 0 Å². The fourth-order valence-corrected chi connectivity index (χ4v) is 0.529. The van der Waals surface area contributed by atoms with Crippen molar-refractivity contribution in [3.05, 3.63) is 6.92 Å². The predicted octanol–water partition coefficient (Wildman–Crippen LogP) is 1.48. The monoisotopic (exact) mass is 113 g/mol. The van der Waals surface area contributed by atoms with Crippen molar-refractivity contribution in [2.75, 3.05) is 13.1 Å². The van der Waals surface area contributed by atoms with Crippen molar-refractivity contribution in [1.29, 1.82) is 0 Å². The minimum Gasteiger partial charge on any atom is -0.317 e. The molecule has 0 aromatic carbocycles. The van der Waals surface area contributed by atoms with Crippen molar-refractivity contribution in [2.24, 2.45) is 0 Å². The fourth-order valence-electron chi connectivity index (χ4n) is 0.529. The summed E-state index contributed by atoms with van der Waals surface area (Å²) < 4.78 is 0. The Morgan fingerprint density at radius 1 is 1.38 bits per heavy atom. The third-order valence-corrected chi connectivity index (χ3v) is 1.03. The normalized spacial score (nSPS) is 9.75. The van der Waals surface area contributed by atoms with Gasteiger partial charge in [0.1, 0.15) is 0 Å². The molecule has 0 aliphatic carbocycles. The fraction of sp³-hybridized carbons (Fsp3) is 0.857. The zero-order valence-corrected chi connectivity index (χ0v) is 5.61. The standard InChI is InChI=1S/C7H15N/c1-3-5-7-8-6-4-2/h2,8H,3-7H2,1H3. The molecule has 0 amide bonds. The zero-order valence-electron chi connectivity index (χ0n) is 5.61. The molecule has 0 aromatic rings. The van der Waals surface area contributed by atoms with Crippen LogP contribution in [0.4, 0.5) is 0 Å². The van der Waals surface area contributed by atoms with Gasteiger partial charge in [-0.1, -0.05) is 13.3 Å². The van der Waals surface area contributed by atoms with E-state index in [0.29, 0.717) is 0 Å². The summed E-state index contributed by atoms with van der Waals surface area (Å²) in [6.07, 6.45) is 3.28. The number of hydrogen-bond donors (Lipinski definition) is 1. The van der Waals surface area contributed by atoms with Crippen molar-refractivity contribution in [2.45, 2.75) is 26.2 Å². The Hall–Kier alpha value is -0.0400. The molecule has 0 aliphatic rings. The number of rotatable bonds is 5. The molecule has 0 aromatic heterocycles. The van der Waals surface area contributed by atoms with Crippen LogP contribution in [0.3, 0.4) is 0 Å². The molecule has 0 aliphatic heterocycles. The first kappa shape index (κ1) is 7.96. The van der Waals surface area contributed by atoms with Gasteiger partial charge in [0.2, 0.25) is 0 Å². The lowest BCUT2D eigenvalue weighted by Crippen LogP contribution is -2.15. The van der Waals surface area contributed by atoms with E-state index in [1.807, 2.05) is 0 Å². The lowest BCUT2D eigenvalue weighted by molar-refractivity contribution is 0.644. The number of hydrogen-bond acceptors (Lipinski definition) is 1. The molecule has 2 radical (unpaired) electrons. The largest absolute Gasteiger partial charge is 0.317 e. The highest BCUT2D eigenvalue weighted by Crippen LogP contribution is 1.81. The van der Waals surface area contributed by atoms with E-state index in [2.05, 4.69) is 12.2 Å². The summed E-state index contributed by atoms with van der Waals surface area (Å²) in [5, 5.41) is 3.21. The summed E-state index contributed by atoms with van der Waals surface area (Å²) in [5.41, 5.74) is 0. The first-order chi connectivity index (χ1) is 3.91. The molecule has 0 saturated carbocycles. The van der Waals surface area contributed by atoms with E-state index >= 15 is 0 Å². The second-order valence-electron chi connectivity index (χ2n) is 1.89. The Bertz CT molecular complexity index is 29.4. The molecule has 1 nitrogen and oxygen atoms in total. The smallest absolute Gasteiger partial charge is 0.00461 e. The Labute approximate surface area is 52.5 Å². The maximum Gasteiger partial charge on any atom is -0.00461 e. The van der Waals surface area contributed by atoms with E-state index < -0.39 is 0 Å². The van der Waals surface area contributed by atoms with Crippen LogP contribution in [0.1, 0.15) is 26.2 Å². The summed E-state index contributed by atoms with van der Waals surface area (Å²) in [7, 11) is 0. The third kappa shape index (κ3) is 5.96. The molecule has 8 heavy (non-hydrogen) atoms. The van der Waals surface area contributed by atoms with Gasteiger partial charge in [0.25, 0.3) is 0 Å². The zero-order chi connectivity index (χ0) is 6.24. The van der Waals surface area contributed by atoms with Gasteiger partial charge in [0.15, 0.2) is 0 Å². The number of nitrogens with one attached hydrogen (secondary N) is 1. The molecular formula is C7H15N. The molecule has 1 N–H and O–H groups in total. The van der Waals surface area contributed by atoms with Gasteiger partial charge in [0, 0.05) is 0 Å². The molecule has 0 atom stereocenters. The van der Waals surface area contributed by atoms with Crippen LogP contribution in [0, 0.1) is 6.92 Å². The molecule has 0 rings (SSSR count). The summed E-state index contributed by atoms with van der Waals surface area (Å²) in [4.78, 5) is 0. The Kier molecular flexibility index (Phi) is 6.93. The van der Waals surface area contributed by atoms with Crippen LogP contribution in [0.2, 0.25) is 0 Å². The Morgan fingerprint density at radius 3 is 2.62 bits per heavy atom. The minimum atomic E-state index is 0.754. The van der Waals surface area contributed by atoms with Crippen molar-refractivity contribution < 1.29 is 0 Å². The van der Waals surface area contributed by atoms with Gasteiger partial charge in [0.05, 0.1) is 0 Å². The number of unbranched alkanes of at least 4 members (excludes halogenated alkanes) is 1. The van der Waals surface area contributed by atoms with E-state index in [1.165, 1.54) is 12.8 Å². The van der Waals surface area contributed by atoms with Gasteiger partial charge < -0.3 is 5.32 Å². The van der Waals surface area contributed by atoms with Crippen molar-refractivity contribution in [3.63, 3.8) is 0 Å². The highest BCUT2D eigenvalue weighted by atomic mass is 14.8. The van der Waals surface area contributed by atoms with Gasteiger partial charge in [-0.2, -0.15) is 0 Å². The third-order valence-electron chi connectivity index (χ3n) is 1.03. The lowest BCUT2D eigenvalue weighted by Gasteiger charge is -1.97. The van der Waals surface area contributed by atoms with E-state index in [9.17, 15) is 0 Å². The second kappa shape index (κ2) is 6.96. The van der Waals surface area contributed by atoms with Gasteiger partial charge >= 0.3 is 0 Å². The van der Waals surface area contributed by atoms with Crippen LogP contribution in [-0.2, 0) is 0 Å². The molecule has 0 saturated heterocycles. The topological polar surface area (TPSA) is 12.0 Å². The molecular weight excluding hydrogens is 98.1 g/mol. The molecule has 0 spiro atoms. The first-order valence-corrected chi connectivity index (χ1v) is 3.32. The molecule has 0 heterocycles. The minimum absolute atomic E-state index is 0.754. The summed E-state index contributed by atoms with van der Waals surface area (Å²) in [6, 6.07) is 0. The molecule has 0 unspecified atom stereocenters. The average Bonchev–Trinajstić information content (AvgIpc) is 1.81. The van der Waals surface area contributed by atoms with Crippen LogP contribution in [0.5, 0.6) is 0 Å². The lowest BCUT2D eigenvalue weighted by atomic mass is 10.3. The van der Waals surface area contributed by atoms with Crippen LogP contribution < -0.4 is 5.32 Å². The average molecular weight is 113 g/mol. The van der Waals surface area contributed by atoms with Crippen LogP contribution in [0.15, 0.2) is 0 Å². The van der Waals surface area contributed by atoms with Gasteiger partial charge in [-0.15, -0.1) is 0 Å². The van der Waals surface area contributed by atoms with Crippen molar-refractivity contribution in [3.8, 4) is 0 Å². The van der Waals surface area contributed by atoms with Gasteiger partial charge in [-0.05, 0) is 32.9 Å². The van der Waals surface area contributed by atoms with Crippen molar-refractivity contribution >= 4 is 0 Å². The highest BCUT2D eigenvalue weighted by molar-refractivity contribution is 4.47. The predicted molar refractivity (Wildman–Crippen MR) is 36.7 cm³/mol. The van der Waals surface area contributed by atoms with E-state index in [0.717, 1.165) is 19.5 Å². The summed E-state index contributed by atoms with van der Waals surface area (Å²) in [6.45, 7) is 9.51. The molecule has 48 valence electrons. The Balaban J connectivity index is 2.53. The maximum absolute atomic E-state index is 5.25. The van der Waals surface area contributed by atoms with E-state index in [1.54, 1.807) is 0 Å². The van der Waals surface area contributed by atoms with E-state index in [4.69, 9.17) is 6.92 Å². The quantitative estimate of drug-likeness (QED) is 0.532. The van der Waals surface area contributed by atoms with Crippen LogP contribution in [0.25, 0.3) is 0 Å². The molecule has 0 bridgehead atoms. The highest BCUT2D eigenvalue weighted by Gasteiger charge is 1.80. The summed E-state index contributed by atoms with van der Waals surface area (Å²) in [5.74, 6) is 0. The van der Waals surface area contributed by atoms with E-state index in [-0.39, 0.29) is 0 Å². The maximum atomic E-state index is 5.25. The first-order valence-electron chi connectivity index (χ1n) is 3.32. The van der Waals surface area contributed by atoms with Crippen LogP contribution in [-0.4, -0.2) is 13.1 Å². The molecule has 0 fully saturated rings. The Morgan fingerprint density at radius 2 is 2.12 bits per heavy atom. The van der Waals surface area contributed by atoms with Crippen molar-refractivity contribution in [1.82, 2.24) is 5.32 Å². The SMILES string of the molecule is [CH]CCNCCCC. The van der Waals surface area contributed by atoms with Crippen LogP contribution >= 0.6 is 0 Å². The van der Waals surface area contributed by atoms with Gasteiger partial charge in [-0.25, -0.2) is 0 Å². The summed E-state index contributed by atoms with van der Waals surface area (Å²) >= 11 is 0.